The number of hydrogen-bond donors (Lipinski definition) is 1. The predicted octanol–water partition coefficient (Wildman–Crippen LogP) is 7.22. The monoisotopic (exact) mass is 627 g/mol. The van der Waals surface area contributed by atoms with E-state index >= 15 is 4.39 Å². The minimum atomic E-state index is -1.12. The molecule has 0 atom stereocenters. The fraction of sp³-hybridized carbons (Fsp3) is 0.257. The third-order valence-corrected chi connectivity index (χ3v) is 9.06. The molecule has 1 aliphatic rings. The van der Waals surface area contributed by atoms with Gasteiger partial charge < -0.3 is 9.47 Å². The Kier molecular flexibility index (Phi) is 9.07. The minimum Gasteiger partial charge on any atom is -0.453 e. The Morgan fingerprint density at radius 2 is 1.71 bits per heavy atom. The van der Waals surface area contributed by atoms with E-state index in [1.54, 1.807) is 36.5 Å². The summed E-state index contributed by atoms with van der Waals surface area (Å²) in [7, 11) is 0. The van der Waals surface area contributed by atoms with Gasteiger partial charge in [-0.1, -0.05) is 30.3 Å². The molecule has 0 spiro atoms. The molecule has 5 aromatic rings. The summed E-state index contributed by atoms with van der Waals surface area (Å²) in [5.41, 5.74) is 2.11. The Hall–Kier alpha value is -4.38. The van der Waals surface area contributed by atoms with E-state index in [-0.39, 0.29) is 35.7 Å². The van der Waals surface area contributed by atoms with E-state index in [9.17, 15) is 14.0 Å². The zero-order valence-electron chi connectivity index (χ0n) is 24.6. The maximum atomic E-state index is 15.2. The molecular weight excluding hydrogens is 596 g/mol. The van der Waals surface area contributed by atoms with Gasteiger partial charge in [-0.3, -0.25) is 24.9 Å². The third-order valence-electron chi connectivity index (χ3n) is 7.90. The van der Waals surface area contributed by atoms with Gasteiger partial charge in [0.1, 0.15) is 11.6 Å². The number of thiophene rings is 1. The van der Waals surface area contributed by atoms with Crippen molar-refractivity contribution in [2.45, 2.75) is 39.2 Å². The first-order valence-electron chi connectivity index (χ1n) is 14.7. The van der Waals surface area contributed by atoms with Crippen LogP contribution in [0.5, 0.6) is 11.5 Å². The lowest BCUT2D eigenvalue weighted by atomic mass is 9.87. The summed E-state index contributed by atoms with van der Waals surface area (Å²) in [6.45, 7) is 3.72. The zero-order chi connectivity index (χ0) is 31.4. The number of ketones is 2. The number of aromatic nitrogens is 2. The molecule has 1 aliphatic carbocycles. The predicted molar refractivity (Wildman–Crippen MR) is 168 cm³/mol. The molecule has 230 valence electrons. The molecule has 1 saturated carbocycles. The van der Waals surface area contributed by atoms with Gasteiger partial charge in [0, 0.05) is 44.5 Å². The summed E-state index contributed by atoms with van der Waals surface area (Å²) in [6.07, 6.45) is 4.03. The van der Waals surface area contributed by atoms with Gasteiger partial charge in [-0.2, -0.15) is 0 Å². The number of benzene rings is 2. The van der Waals surface area contributed by atoms with Crippen LogP contribution in [0.25, 0.3) is 20.8 Å². The van der Waals surface area contributed by atoms with Gasteiger partial charge in [-0.05, 0) is 66.8 Å². The minimum absolute atomic E-state index is 0.00689. The summed E-state index contributed by atoms with van der Waals surface area (Å²) in [6, 6.07) is 18.0. The molecule has 10 heteroatoms. The third kappa shape index (κ3) is 6.83. The Morgan fingerprint density at radius 3 is 2.44 bits per heavy atom. The largest absolute Gasteiger partial charge is 0.453 e. The summed E-state index contributed by atoms with van der Waals surface area (Å²) >= 11 is 1.45. The number of rotatable bonds is 14. The van der Waals surface area contributed by atoms with Gasteiger partial charge in [0.2, 0.25) is 0 Å². The topological polar surface area (TPSA) is 90.4 Å². The van der Waals surface area contributed by atoms with Crippen LogP contribution in [0.2, 0.25) is 0 Å². The Balaban J connectivity index is 1.12. The second-order valence-electron chi connectivity index (χ2n) is 11.0. The van der Waals surface area contributed by atoms with Crippen LogP contribution < -0.4 is 10.1 Å². The van der Waals surface area contributed by atoms with E-state index in [4.69, 9.17) is 9.47 Å². The SMILES string of the molecule is CCOCNCc1ccc(-c2cc3nccc(Oc4ccc(CC(=O)C5(C(=O)Cc6ccccc6F)CC5)cc4F)c3s2)nc1. The first-order chi connectivity index (χ1) is 21.9. The van der Waals surface area contributed by atoms with Crippen molar-refractivity contribution < 1.29 is 27.8 Å². The fourth-order valence-electron chi connectivity index (χ4n) is 5.20. The molecule has 6 rings (SSSR count). The first kappa shape index (κ1) is 30.6. The zero-order valence-corrected chi connectivity index (χ0v) is 25.5. The van der Waals surface area contributed by atoms with Crippen LogP contribution in [-0.4, -0.2) is 34.9 Å². The number of Topliss-reactive ketones (excluding diaryl/α,β-unsaturated/α-hetero) is 2. The number of carbonyl (C=O) groups is 2. The molecule has 3 aromatic heterocycles. The van der Waals surface area contributed by atoms with Crippen molar-refractivity contribution in [2.24, 2.45) is 5.41 Å². The van der Waals surface area contributed by atoms with Gasteiger partial charge in [-0.15, -0.1) is 11.3 Å². The summed E-state index contributed by atoms with van der Waals surface area (Å²) in [5.74, 6) is -1.21. The van der Waals surface area contributed by atoms with E-state index in [0.29, 0.717) is 49.6 Å². The van der Waals surface area contributed by atoms with Gasteiger partial charge >= 0.3 is 0 Å². The van der Waals surface area contributed by atoms with E-state index < -0.39 is 17.0 Å². The molecule has 0 aliphatic heterocycles. The summed E-state index contributed by atoms with van der Waals surface area (Å²) < 4.78 is 41.4. The van der Waals surface area contributed by atoms with Gasteiger partial charge in [-0.25, -0.2) is 8.78 Å². The Morgan fingerprint density at radius 1 is 0.911 bits per heavy atom. The van der Waals surface area contributed by atoms with E-state index in [1.807, 2.05) is 31.3 Å². The van der Waals surface area contributed by atoms with Crippen LogP contribution in [0.1, 0.15) is 36.5 Å². The molecule has 1 fully saturated rings. The van der Waals surface area contributed by atoms with Crippen LogP contribution >= 0.6 is 11.3 Å². The summed E-state index contributed by atoms with van der Waals surface area (Å²) in [5, 5.41) is 3.20. The van der Waals surface area contributed by atoms with E-state index in [2.05, 4.69) is 15.3 Å². The van der Waals surface area contributed by atoms with Crippen LogP contribution in [0.3, 0.4) is 0 Å². The second-order valence-corrected chi connectivity index (χ2v) is 12.0. The Bertz CT molecular complexity index is 1850. The van der Waals surface area contributed by atoms with Gasteiger partial charge in [0.05, 0.1) is 32.9 Å². The Labute approximate surface area is 263 Å². The quantitative estimate of drug-likeness (QED) is 0.0790. The number of nitrogens with zero attached hydrogens (tertiary/aromatic N) is 2. The fourth-order valence-corrected chi connectivity index (χ4v) is 6.24. The van der Waals surface area contributed by atoms with Crippen molar-refractivity contribution in [1.29, 1.82) is 0 Å². The molecule has 0 bridgehead atoms. The normalized spacial score (nSPS) is 13.6. The number of carbonyl (C=O) groups excluding carboxylic acids is 2. The van der Waals surface area contributed by atoms with Crippen molar-refractivity contribution >= 4 is 33.1 Å². The average Bonchev–Trinajstić information content (AvgIpc) is 3.75. The second kappa shape index (κ2) is 13.3. The molecule has 0 radical (unpaired) electrons. The number of nitrogens with one attached hydrogen (secondary N) is 1. The average molecular weight is 628 g/mol. The number of halogens is 2. The van der Waals surface area contributed by atoms with Crippen molar-refractivity contribution in [2.75, 3.05) is 13.3 Å². The lowest BCUT2D eigenvalue weighted by Crippen LogP contribution is -2.29. The van der Waals surface area contributed by atoms with Crippen molar-refractivity contribution in [1.82, 2.24) is 15.3 Å². The van der Waals surface area contributed by atoms with E-state index in [0.717, 1.165) is 20.8 Å². The van der Waals surface area contributed by atoms with Crippen molar-refractivity contribution in [3.8, 4) is 22.1 Å². The molecule has 0 unspecified atom stereocenters. The number of ether oxygens (including phenoxy) is 2. The molecule has 0 amide bonds. The highest BCUT2D eigenvalue weighted by atomic mass is 32.1. The molecule has 0 saturated heterocycles. The highest BCUT2D eigenvalue weighted by Crippen LogP contribution is 2.49. The lowest BCUT2D eigenvalue weighted by Gasteiger charge is -2.14. The van der Waals surface area contributed by atoms with Crippen LogP contribution in [0, 0.1) is 17.0 Å². The van der Waals surface area contributed by atoms with Gasteiger partial charge in [0.15, 0.2) is 23.1 Å². The van der Waals surface area contributed by atoms with Crippen LogP contribution in [0.15, 0.2) is 79.1 Å². The maximum Gasteiger partial charge on any atom is 0.166 e. The first-order valence-corrected chi connectivity index (χ1v) is 15.6. The smallest absolute Gasteiger partial charge is 0.166 e. The molecule has 1 N–H and O–H groups in total. The molecular formula is C35H31F2N3O4S. The molecule has 7 nitrogen and oxygen atoms in total. The molecule has 3 heterocycles. The molecule has 45 heavy (non-hydrogen) atoms. The standard InChI is InChI=1S/C35H31F2N3O4S/c1-2-43-21-38-19-23-7-9-27(40-20-23)31-18-28-34(45-31)30(11-14-39-28)44-29-10-8-22(15-26(29)37)16-32(41)35(12-13-35)33(42)17-24-5-3-4-6-25(24)36/h3-11,14-15,18,20,38H,2,12-13,16-17,19,21H2,1H3. The molecule has 2 aromatic carbocycles. The van der Waals surface area contributed by atoms with Crippen LogP contribution in [0.4, 0.5) is 8.78 Å². The number of pyridine rings is 2. The lowest BCUT2D eigenvalue weighted by molar-refractivity contribution is -0.133. The van der Waals surface area contributed by atoms with Crippen molar-refractivity contribution in [3.05, 3.63) is 107 Å². The highest BCUT2D eigenvalue weighted by Gasteiger charge is 2.54. The summed E-state index contributed by atoms with van der Waals surface area (Å²) in [4.78, 5) is 36.1. The number of hydrogen-bond acceptors (Lipinski definition) is 8. The highest BCUT2D eigenvalue weighted by molar-refractivity contribution is 7.22. The van der Waals surface area contributed by atoms with Gasteiger partial charge in [0.25, 0.3) is 0 Å². The van der Waals surface area contributed by atoms with E-state index in [1.165, 1.54) is 29.5 Å². The van der Waals surface area contributed by atoms with Crippen molar-refractivity contribution in [3.63, 3.8) is 0 Å². The maximum absolute atomic E-state index is 15.2. The van der Waals surface area contributed by atoms with Crippen LogP contribution in [-0.2, 0) is 33.7 Å². The number of fused-ring (bicyclic) bond motifs is 1.